The van der Waals surface area contributed by atoms with Gasteiger partial charge in [-0.3, -0.25) is 9.59 Å². The Balaban J connectivity index is 1.38. The van der Waals surface area contributed by atoms with E-state index in [1.165, 1.54) is 33.5 Å². The third kappa shape index (κ3) is 4.20. The van der Waals surface area contributed by atoms with Gasteiger partial charge in [0.2, 0.25) is 11.8 Å². The van der Waals surface area contributed by atoms with Crippen molar-refractivity contribution in [3.63, 3.8) is 0 Å². The molecular formula is C22H24N4O2S2. The molecule has 1 aliphatic carbocycles. The first kappa shape index (κ1) is 20.8. The van der Waals surface area contributed by atoms with Crippen LogP contribution < -0.4 is 5.32 Å². The van der Waals surface area contributed by atoms with Crippen LogP contribution in [0.4, 0.5) is 5.69 Å². The number of aromatic nitrogens is 2. The molecule has 1 aliphatic rings. The number of nitrogens with zero attached hydrogens (tertiary/aromatic N) is 3. The number of aryl methyl sites for hydroxylation is 4. The Morgan fingerprint density at radius 1 is 1.20 bits per heavy atom. The monoisotopic (exact) mass is 440 g/mol. The Kier molecular flexibility index (Phi) is 6.06. The fourth-order valence-electron chi connectivity index (χ4n) is 3.74. The van der Waals surface area contributed by atoms with Crippen molar-refractivity contribution in [2.75, 3.05) is 24.7 Å². The van der Waals surface area contributed by atoms with Gasteiger partial charge in [0.25, 0.3) is 0 Å². The smallest absolute Gasteiger partial charge is 0.243 e. The SMILES string of the molecule is Cc1cccc(C)c1NC(=O)CN(C)C(=O)CSc1ncnc2sc3c(c12)CCC3. The van der Waals surface area contributed by atoms with Gasteiger partial charge in [-0.1, -0.05) is 30.0 Å². The molecule has 0 spiro atoms. The average molecular weight is 441 g/mol. The quantitative estimate of drug-likeness (QED) is 0.463. The second-order valence-corrected chi connectivity index (χ2v) is 9.62. The summed E-state index contributed by atoms with van der Waals surface area (Å²) in [6.07, 6.45) is 4.91. The zero-order valence-corrected chi connectivity index (χ0v) is 19.0. The molecule has 0 aliphatic heterocycles. The predicted octanol–water partition coefficient (Wildman–Crippen LogP) is 3.99. The van der Waals surface area contributed by atoms with Crippen molar-refractivity contribution < 1.29 is 9.59 Å². The number of rotatable bonds is 6. The van der Waals surface area contributed by atoms with Gasteiger partial charge in [0, 0.05) is 23.0 Å². The van der Waals surface area contributed by atoms with E-state index < -0.39 is 0 Å². The minimum absolute atomic E-state index is 0.0141. The van der Waals surface area contributed by atoms with Gasteiger partial charge in [0.05, 0.1) is 12.3 Å². The Bertz CT molecular complexity index is 1110. The largest absolute Gasteiger partial charge is 0.336 e. The lowest BCUT2D eigenvalue weighted by Crippen LogP contribution is -2.36. The zero-order valence-electron chi connectivity index (χ0n) is 17.3. The molecule has 4 rings (SSSR count). The van der Waals surface area contributed by atoms with Gasteiger partial charge in [-0.2, -0.15) is 0 Å². The molecule has 0 saturated heterocycles. The van der Waals surface area contributed by atoms with Crippen LogP contribution in [0.15, 0.2) is 29.6 Å². The molecule has 6 nitrogen and oxygen atoms in total. The number of thiophene rings is 1. The summed E-state index contributed by atoms with van der Waals surface area (Å²) in [5, 5.41) is 4.90. The summed E-state index contributed by atoms with van der Waals surface area (Å²) in [6.45, 7) is 3.93. The number of fused-ring (bicyclic) bond motifs is 3. The molecule has 1 aromatic carbocycles. The topological polar surface area (TPSA) is 75.2 Å². The molecule has 0 fully saturated rings. The maximum atomic E-state index is 12.6. The lowest BCUT2D eigenvalue weighted by atomic mass is 10.1. The Hall–Kier alpha value is -2.45. The molecule has 2 aromatic heterocycles. The van der Waals surface area contributed by atoms with Crippen LogP contribution in [0.1, 0.15) is 28.0 Å². The first-order valence-corrected chi connectivity index (χ1v) is 11.7. The fraction of sp³-hybridized carbons (Fsp3) is 0.364. The van der Waals surface area contributed by atoms with Gasteiger partial charge in [-0.15, -0.1) is 11.3 Å². The first-order valence-electron chi connectivity index (χ1n) is 9.92. The van der Waals surface area contributed by atoms with Crippen molar-refractivity contribution >= 4 is 50.8 Å². The highest BCUT2D eigenvalue weighted by atomic mass is 32.2. The minimum atomic E-state index is -0.201. The summed E-state index contributed by atoms with van der Waals surface area (Å²) in [7, 11) is 1.66. The van der Waals surface area contributed by atoms with E-state index in [0.29, 0.717) is 0 Å². The summed E-state index contributed by atoms with van der Waals surface area (Å²) < 4.78 is 0. The number of carbonyl (C=O) groups is 2. The number of hydrogen-bond donors (Lipinski definition) is 1. The molecule has 30 heavy (non-hydrogen) atoms. The van der Waals surface area contributed by atoms with Crippen molar-refractivity contribution in [1.29, 1.82) is 0 Å². The summed E-state index contributed by atoms with van der Waals surface area (Å²) in [5.74, 6) is -0.0622. The molecule has 0 atom stereocenters. The zero-order chi connectivity index (χ0) is 21.3. The molecule has 0 saturated carbocycles. The molecule has 2 amide bonds. The van der Waals surface area contributed by atoms with Crippen LogP contribution in [-0.2, 0) is 22.4 Å². The Morgan fingerprint density at radius 2 is 1.97 bits per heavy atom. The third-order valence-corrected chi connectivity index (χ3v) is 7.53. The van der Waals surface area contributed by atoms with Crippen LogP contribution in [0, 0.1) is 13.8 Å². The number of carbonyl (C=O) groups excluding carboxylic acids is 2. The number of anilines is 1. The van der Waals surface area contributed by atoms with Gasteiger partial charge in [0.1, 0.15) is 16.2 Å². The molecule has 156 valence electrons. The van der Waals surface area contributed by atoms with Crippen LogP contribution in [0.2, 0.25) is 0 Å². The van der Waals surface area contributed by atoms with Gasteiger partial charge in [-0.05, 0) is 49.8 Å². The van der Waals surface area contributed by atoms with E-state index in [4.69, 9.17) is 0 Å². The van der Waals surface area contributed by atoms with E-state index in [9.17, 15) is 9.59 Å². The van der Waals surface area contributed by atoms with Crippen LogP contribution in [0.25, 0.3) is 10.2 Å². The van der Waals surface area contributed by atoms with Crippen molar-refractivity contribution in [2.45, 2.75) is 38.1 Å². The molecule has 0 radical (unpaired) electrons. The highest BCUT2D eigenvalue weighted by Crippen LogP contribution is 2.40. The number of amides is 2. The maximum Gasteiger partial charge on any atom is 0.243 e. The number of nitrogens with one attached hydrogen (secondary N) is 1. The van der Waals surface area contributed by atoms with Gasteiger partial charge >= 0.3 is 0 Å². The summed E-state index contributed by atoms with van der Waals surface area (Å²) >= 11 is 3.17. The number of likely N-dealkylation sites (N-methyl/N-ethyl adjacent to an activating group) is 1. The normalized spacial score (nSPS) is 12.8. The van der Waals surface area contributed by atoms with E-state index in [0.717, 1.165) is 44.9 Å². The second kappa shape index (κ2) is 8.73. The van der Waals surface area contributed by atoms with Gasteiger partial charge in [-0.25, -0.2) is 9.97 Å². The Morgan fingerprint density at radius 3 is 2.73 bits per heavy atom. The summed E-state index contributed by atoms with van der Waals surface area (Å²) in [5.41, 5.74) is 4.17. The van der Waals surface area contributed by atoms with Crippen LogP contribution in [-0.4, -0.2) is 46.0 Å². The lowest BCUT2D eigenvalue weighted by molar-refractivity contribution is -0.131. The molecule has 0 bridgehead atoms. The van der Waals surface area contributed by atoms with Gasteiger partial charge < -0.3 is 10.2 Å². The number of para-hydroxylation sites is 1. The molecule has 1 N–H and O–H groups in total. The Labute approximate surface area is 184 Å². The van der Waals surface area contributed by atoms with Gasteiger partial charge in [0.15, 0.2) is 0 Å². The highest BCUT2D eigenvalue weighted by molar-refractivity contribution is 8.00. The molecular weight excluding hydrogens is 416 g/mol. The summed E-state index contributed by atoms with van der Waals surface area (Å²) in [6, 6.07) is 5.87. The van der Waals surface area contributed by atoms with Crippen molar-refractivity contribution in [3.05, 3.63) is 46.1 Å². The van der Waals surface area contributed by atoms with Crippen molar-refractivity contribution in [2.24, 2.45) is 0 Å². The van der Waals surface area contributed by atoms with E-state index >= 15 is 0 Å². The third-order valence-electron chi connectivity index (χ3n) is 5.35. The average Bonchev–Trinajstić information content (AvgIpc) is 3.30. The molecule has 3 aromatic rings. The first-order chi connectivity index (χ1) is 14.4. The van der Waals surface area contributed by atoms with E-state index in [1.807, 2.05) is 32.0 Å². The highest BCUT2D eigenvalue weighted by Gasteiger charge is 2.22. The number of benzene rings is 1. The summed E-state index contributed by atoms with van der Waals surface area (Å²) in [4.78, 5) is 37.8. The fourth-order valence-corrected chi connectivity index (χ4v) is 6.00. The van der Waals surface area contributed by atoms with Crippen molar-refractivity contribution in [3.8, 4) is 0 Å². The van der Waals surface area contributed by atoms with E-state index in [2.05, 4.69) is 15.3 Å². The van der Waals surface area contributed by atoms with Crippen LogP contribution >= 0.6 is 23.1 Å². The molecule has 2 heterocycles. The maximum absolute atomic E-state index is 12.6. The predicted molar refractivity (Wildman–Crippen MR) is 122 cm³/mol. The number of thioether (sulfide) groups is 1. The van der Waals surface area contributed by atoms with E-state index in [-0.39, 0.29) is 24.1 Å². The second-order valence-electron chi connectivity index (χ2n) is 7.57. The lowest BCUT2D eigenvalue weighted by Gasteiger charge is -2.18. The standard InChI is InChI=1S/C22H24N4O2S2/c1-13-6-4-7-14(2)20(13)25-17(27)10-26(3)18(28)11-29-21-19-15-8-5-9-16(15)30-22(19)24-12-23-21/h4,6-7,12H,5,8-11H2,1-3H3,(H,25,27). The number of hydrogen-bond acceptors (Lipinski definition) is 6. The minimum Gasteiger partial charge on any atom is -0.336 e. The molecule has 8 heteroatoms. The van der Waals surface area contributed by atoms with E-state index in [1.54, 1.807) is 24.7 Å². The molecule has 0 unspecified atom stereocenters. The van der Waals surface area contributed by atoms with Crippen LogP contribution in [0.5, 0.6) is 0 Å². The van der Waals surface area contributed by atoms with Crippen molar-refractivity contribution in [1.82, 2.24) is 14.9 Å². The van der Waals surface area contributed by atoms with Crippen LogP contribution in [0.3, 0.4) is 0 Å².